The highest BCUT2D eigenvalue weighted by atomic mass is 16.6. The predicted molar refractivity (Wildman–Crippen MR) is 138 cm³/mol. The average molecular weight is 457 g/mol. The minimum atomic E-state index is -0.504. The van der Waals surface area contributed by atoms with Crippen LogP contribution in [0.25, 0.3) is 0 Å². The van der Waals surface area contributed by atoms with E-state index in [9.17, 15) is 4.79 Å². The van der Waals surface area contributed by atoms with Gasteiger partial charge in [-0.2, -0.15) is 0 Å². The van der Waals surface area contributed by atoms with Crippen LogP contribution in [0.3, 0.4) is 0 Å². The number of hydrogen-bond acceptors (Lipinski definition) is 3. The SMILES string of the molecule is CN(C(=O)O[C@@H]1CC[C@H](NC(c2ccccc2)(c2ccccc2)c2ccccc2)C1)C(C)(C)C. The number of nitrogens with zero attached hydrogens (tertiary/aromatic N) is 1. The molecule has 0 aliphatic heterocycles. The van der Waals surface area contributed by atoms with Crippen molar-refractivity contribution in [2.45, 2.75) is 63.3 Å². The Labute approximate surface area is 204 Å². The Bertz CT molecular complexity index is 965. The van der Waals surface area contributed by atoms with E-state index in [0.717, 1.165) is 19.3 Å². The molecule has 178 valence electrons. The van der Waals surface area contributed by atoms with Crippen LogP contribution in [0.1, 0.15) is 56.7 Å². The van der Waals surface area contributed by atoms with E-state index in [-0.39, 0.29) is 23.8 Å². The molecule has 0 unspecified atom stereocenters. The lowest BCUT2D eigenvalue weighted by Gasteiger charge is -2.39. The summed E-state index contributed by atoms with van der Waals surface area (Å²) in [4.78, 5) is 14.4. The molecule has 34 heavy (non-hydrogen) atoms. The molecule has 0 spiro atoms. The quantitative estimate of drug-likeness (QED) is 0.439. The topological polar surface area (TPSA) is 41.6 Å². The molecule has 0 aromatic heterocycles. The van der Waals surface area contributed by atoms with Crippen LogP contribution in [-0.4, -0.2) is 35.7 Å². The first-order chi connectivity index (χ1) is 16.3. The molecule has 0 saturated heterocycles. The summed E-state index contributed by atoms with van der Waals surface area (Å²) in [6, 6.07) is 32.1. The van der Waals surface area contributed by atoms with E-state index in [1.54, 1.807) is 11.9 Å². The number of carbonyl (C=O) groups excluding carboxylic acids is 1. The standard InChI is InChI=1S/C30H36N2O2/c1-29(2,3)32(4)28(33)34-27-21-20-26(22-27)31-30(23-14-8-5-9-15-23,24-16-10-6-11-17-24)25-18-12-7-13-19-25/h5-19,26-27,31H,20-22H2,1-4H3/t26-,27+/m0/s1. The molecule has 2 atom stereocenters. The second-order valence-corrected chi connectivity index (χ2v) is 10.2. The molecular formula is C30H36N2O2. The zero-order valence-electron chi connectivity index (χ0n) is 20.7. The third-order valence-corrected chi connectivity index (χ3v) is 6.97. The Morgan fingerprint density at radius 2 is 1.24 bits per heavy atom. The summed E-state index contributed by atoms with van der Waals surface area (Å²) >= 11 is 0. The van der Waals surface area contributed by atoms with Crippen molar-refractivity contribution in [3.63, 3.8) is 0 Å². The van der Waals surface area contributed by atoms with Gasteiger partial charge in [0.1, 0.15) is 6.10 Å². The highest BCUT2D eigenvalue weighted by molar-refractivity contribution is 5.68. The van der Waals surface area contributed by atoms with Crippen molar-refractivity contribution in [1.29, 1.82) is 0 Å². The maximum Gasteiger partial charge on any atom is 0.410 e. The molecule has 1 aliphatic rings. The van der Waals surface area contributed by atoms with Gasteiger partial charge in [-0.25, -0.2) is 4.79 Å². The van der Waals surface area contributed by atoms with Gasteiger partial charge in [0.15, 0.2) is 0 Å². The van der Waals surface area contributed by atoms with Crippen LogP contribution in [-0.2, 0) is 10.3 Å². The van der Waals surface area contributed by atoms with Crippen molar-refractivity contribution in [3.05, 3.63) is 108 Å². The van der Waals surface area contributed by atoms with Crippen LogP contribution >= 0.6 is 0 Å². The Morgan fingerprint density at radius 3 is 1.65 bits per heavy atom. The largest absolute Gasteiger partial charge is 0.446 e. The number of rotatable bonds is 6. The lowest BCUT2D eigenvalue weighted by atomic mass is 9.76. The molecule has 4 heteroatoms. The number of carbonyl (C=O) groups is 1. The first kappa shape index (κ1) is 24.0. The maximum absolute atomic E-state index is 12.7. The Kier molecular flexibility index (Phi) is 7.08. The molecule has 3 aromatic carbocycles. The van der Waals surface area contributed by atoms with Gasteiger partial charge in [0, 0.05) is 18.6 Å². The normalized spacial score (nSPS) is 18.5. The number of amides is 1. The molecular weight excluding hydrogens is 420 g/mol. The van der Waals surface area contributed by atoms with E-state index < -0.39 is 5.54 Å². The van der Waals surface area contributed by atoms with Crippen LogP contribution < -0.4 is 5.32 Å². The van der Waals surface area contributed by atoms with Crippen molar-refractivity contribution in [3.8, 4) is 0 Å². The van der Waals surface area contributed by atoms with Crippen molar-refractivity contribution in [2.24, 2.45) is 0 Å². The minimum Gasteiger partial charge on any atom is -0.446 e. The van der Waals surface area contributed by atoms with Crippen molar-refractivity contribution in [2.75, 3.05) is 7.05 Å². The van der Waals surface area contributed by atoms with Gasteiger partial charge in [-0.1, -0.05) is 91.0 Å². The zero-order valence-corrected chi connectivity index (χ0v) is 20.7. The summed E-state index contributed by atoms with van der Waals surface area (Å²) in [6.07, 6.45) is 2.26. The molecule has 1 saturated carbocycles. The average Bonchev–Trinajstić information content (AvgIpc) is 3.29. The third-order valence-electron chi connectivity index (χ3n) is 6.97. The summed E-state index contributed by atoms with van der Waals surface area (Å²) in [5.74, 6) is 0. The number of nitrogens with one attached hydrogen (secondary N) is 1. The maximum atomic E-state index is 12.7. The molecule has 4 nitrogen and oxygen atoms in total. The van der Waals surface area contributed by atoms with Crippen LogP contribution in [0, 0.1) is 0 Å². The fourth-order valence-electron chi connectivity index (χ4n) is 4.79. The Hall–Kier alpha value is -3.11. The van der Waals surface area contributed by atoms with Crippen LogP contribution in [0.2, 0.25) is 0 Å². The molecule has 4 rings (SSSR count). The van der Waals surface area contributed by atoms with E-state index in [1.807, 2.05) is 20.8 Å². The van der Waals surface area contributed by atoms with Crippen molar-refractivity contribution >= 4 is 6.09 Å². The van der Waals surface area contributed by atoms with Gasteiger partial charge in [0.05, 0.1) is 5.54 Å². The molecule has 0 bridgehead atoms. The molecule has 0 radical (unpaired) electrons. The molecule has 1 fully saturated rings. The van der Waals surface area contributed by atoms with Gasteiger partial charge in [-0.3, -0.25) is 5.32 Å². The molecule has 1 N–H and O–H groups in total. The van der Waals surface area contributed by atoms with E-state index in [0.29, 0.717) is 0 Å². The third kappa shape index (κ3) is 5.02. The van der Waals surface area contributed by atoms with Gasteiger partial charge < -0.3 is 9.64 Å². The lowest BCUT2D eigenvalue weighted by molar-refractivity contribution is 0.0487. The highest BCUT2D eigenvalue weighted by Crippen LogP contribution is 2.39. The van der Waals surface area contributed by atoms with Gasteiger partial charge in [-0.05, 0) is 56.7 Å². The second-order valence-electron chi connectivity index (χ2n) is 10.2. The van der Waals surface area contributed by atoms with Gasteiger partial charge >= 0.3 is 6.09 Å². The monoisotopic (exact) mass is 456 g/mol. The van der Waals surface area contributed by atoms with Gasteiger partial charge in [-0.15, -0.1) is 0 Å². The van der Waals surface area contributed by atoms with Crippen molar-refractivity contribution in [1.82, 2.24) is 10.2 Å². The summed E-state index contributed by atoms with van der Waals surface area (Å²) < 4.78 is 5.91. The van der Waals surface area contributed by atoms with E-state index in [2.05, 4.69) is 96.3 Å². The number of benzene rings is 3. The van der Waals surface area contributed by atoms with Crippen molar-refractivity contribution < 1.29 is 9.53 Å². The zero-order chi connectivity index (χ0) is 24.2. The predicted octanol–water partition coefficient (Wildman–Crippen LogP) is 6.36. The summed E-state index contributed by atoms with van der Waals surface area (Å²) in [6.45, 7) is 6.05. The van der Waals surface area contributed by atoms with Crippen LogP contribution in [0.4, 0.5) is 4.79 Å². The lowest BCUT2D eigenvalue weighted by Crippen LogP contribution is -2.49. The molecule has 1 aliphatic carbocycles. The smallest absolute Gasteiger partial charge is 0.410 e. The molecule has 0 heterocycles. The van der Waals surface area contributed by atoms with E-state index in [1.165, 1.54) is 16.7 Å². The Balaban J connectivity index is 1.65. The van der Waals surface area contributed by atoms with Gasteiger partial charge in [0.2, 0.25) is 0 Å². The van der Waals surface area contributed by atoms with E-state index in [4.69, 9.17) is 4.74 Å². The summed E-state index contributed by atoms with van der Waals surface area (Å²) in [5.41, 5.74) is 2.81. The first-order valence-corrected chi connectivity index (χ1v) is 12.2. The second kappa shape index (κ2) is 10.0. The molecule has 3 aromatic rings. The number of ether oxygens (including phenoxy) is 1. The summed E-state index contributed by atoms with van der Waals surface area (Å²) in [5, 5.41) is 4.04. The fraction of sp³-hybridized carbons (Fsp3) is 0.367. The first-order valence-electron chi connectivity index (χ1n) is 12.2. The minimum absolute atomic E-state index is 0.0881. The van der Waals surface area contributed by atoms with E-state index >= 15 is 0 Å². The molecule has 1 amide bonds. The van der Waals surface area contributed by atoms with Crippen LogP contribution in [0.15, 0.2) is 91.0 Å². The fourth-order valence-corrected chi connectivity index (χ4v) is 4.79. The Morgan fingerprint density at radius 1 is 0.794 bits per heavy atom. The number of hydrogen-bond donors (Lipinski definition) is 1. The van der Waals surface area contributed by atoms with Crippen LogP contribution in [0.5, 0.6) is 0 Å². The summed E-state index contributed by atoms with van der Waals surface area (Å²) in [7, 11) is 1.80. The van der Waals surface area contributed by atoms with Gasteiger partial charge in [0.25, 0.3) is 0 Å². The highest BCUT2D eigenvalue weighted by Gasteiger charge is 2.40.